The predicted molar refractivity (Wildman–Crippen MR) is 120 cm³/mol. The minimum Gasteiger partial charge on any atom is -0.497 e. The maximum absolute atomic E-state index is 12.9. The van der Waals surface area contributed by atoms with Crippen LogP contribution in [0.4, 0.5) is 0 Å². The largest absolute Gasteiger partial charge is 0.497 e. The highest BCUT2D eigenvalue weighted by atomic mass is 16.5. The zero-order chi connectivity index (χ0) is 21.2. The molecule has 2 bridgehead atoms. The Labute approximate surface area is 186 Å². The van der Waals surface area contributed by atoms with Crippen molar-refractivity contribution in [3.63, 3.8) is 0 Å². The number of nitrogens with zero attached hydrogens (tertiary/aromatic N) is 3. The number of carbonyl (C=O) groups excluding carboxylic acids is 1. The Hall–Kier alpha value is -1.63. The zero-order valence-corrected chi connectivity index (χ0v) is 18.9. The minimum absolute atomic E-state index is 0.285. The Morgan fingerprint density at radius 2 is 1.97 bits per heavy atom. The van der Waals surface area contributed by atoms with E-state index in [0.717, 1.165) is 38.3 Å². The van der Waals surface area contributed by atoms with Crippen LogP contribution in [0.1, 0.15) is 31.2 Å². The molecule has 4 aliphatic rings. The van der Waals surface area contributed by atoms with E-state index in [1.807, 2.05) is 11.0 Å². The summed E-state index contributed by atoms with van der Waals surface area (Å²) in [5.41, 5.74) is 1.37. The molecule has 0 saturated carbocycles. The van der Waals surface area contributed by atoms with E-state index in [2.05, 4.69) is 28.0 Å². The molecule has 4 heterocycles. The lowest BCUT2D eigenvalue weighted by molar-refractivity contribution is -0.139. The van der Waals surface area contributed by atoms with Crippen molar-refractivity contribution in [2.75, 3.05) is 59.6 Å². The smallest absolute Gasteiger partial charge is 0.236 e. The maximum Gasteiger partial charge on any atom is 0.236 e. The van der Waals surface area contributed by atoms with Gasteiger partial charge in [0.15, 0.2) is 0 Å². The second kappa shape index (κ2) is 9.47. The lowest BCUT2D eigenvalue weighted by atomic mass is 9.71. The van der Waals surface area contributed by atoms with E-state index in [9.17, 15) is 4.79 Å². The van der Waals surface area contributed by atoms with Crippen LogP contribution in [-0.2, 0) is 16.0 Å². The van der Waals surface area contributed by atoms with Gasteiger partial charge in [0, 0.05) is 38.3 Å². The summed E-state index contributed by atoms with van der Waals surface area (Å²) in [5.74, 6) is 2.57. The molecule has 1 amide bonds. The van der Waals surface area contributed by atoms with Crippen LogP contribution >= 0.6 is 0 Å². The number of ether oxygens (including phenoxy) is 2. The summed E-state index contributed by atoms with van der Waals surface area (Å²) >= 11 is 0. The number of benzene rings is 1. The van der Waals surface area contributed by atoms with Gasteiger partial charge in [0.2, 0.25) is 5.91 Å². The van der Waals surface area contributed by atoms with Crippen molar-refractivity contribution in [1.29, 1.82) is 0 Å². The van der Waals surface area contributed by atoms with Gasteiger partial charge in [-0.3, -0.25) is 14.6 Å². The van der Waals surface area contributed by atoms with E-state index in [-0.39, 0.29) is 5.91 Å². The summed E-state index contributed by atoms with van der Waals surface area (Å²) in [6.45, 7) is 6.78. The first-order valence-electron chi connectivity index (χ1n) is 12.2. The van der Waals surface area contributed by atoms with Gasteiger partial charge in [-0.25, -0.2) is 0 Å². The standard InChI is InChI=1S/C25H37N3O3/c1-30-22-6-4-5-19(13-22)14-24-21-15-20(23-7-2-3-8-28(23)24)16-26(17-21)18-25(29)27-9-11-31-12-10-27/h4-6,13,20-21,23-24H,2-3,7-12,14-18H2,1H3/t20-,21+,23+,24+/m1/s1. The monoisotopic (exact) mass is 427 g/mol. The minimum atomic E-state index is 0.285. The summed E-state index contributed by atoms with van der Waals surface area (Å²) in [7, 11) is 1.75. The molecule has 5 rings (SSSR count). The number of amides is 1. The number of rotatable bonds is 5. The van der Waals surface area contributed by atoms with E-state index in [1.54, 1.807) is 7.11 Å². The van der Waals surface area contributed by atoms with Crippen molar-refractivity contribution in [2.45, 2.75) is 44.2 Å². The van der Waals surface area contributed by atoms with Gasteiger partial charge in [-0.1, -0.05) is 18.6 Å². The van der Waals surface area contributed by atoms with Crippen LogP contribution in [0.25, 0.3) is 0 Å². The van der Waals surface area contributed by atoms with E-state index in [4.69, 9.17) is 9.47 Å². The zero-order valence-electron chi connectivity index (χ0n) is 18.9. The molecule has 6 heteroatoms. The number of fused-ring (bicyclic) bond motifs is 4. The molecular formula is C25H37N3O3. The highest BCUT2D eigenvalue weighted by Crippen LogP contribution is 2.42. The quantitative estimate of drug-likeness (QED) is 0.721. The van der Waals surface area contributed by atoms with Crippen LogP contribution in [0.2, 0.25) is 0 Å². The number of methoxy groups -OCH3 is 1. The molecule has 4 fully saturated rings. The fraction of sp³-hybridized carbons (Fsp3) is 0.720. The van der Waals surface area contributed by atoms with Crippen molar-refractivity contribution in [2.24, 2.45) is 11.8 Å². The Morgan fingerprint density at radius 3 is 2.81 bits per heavy atom. The van der Waals surface area contributed by atoms with Crippen molar-refractivity contribution >= 4 is 5.91 Å². The van der Waals surface area contributed by atoms with Crippen molar-refractivity contribution < 1.29 is 14.3 Å². The van der Waals surface area contributed by atoms with Crippen molar-refractivity contribution in [3.05, 3.63) is 29.8 Å². The normalized spacial score (nSPS) is 31.8. The second-order valence-electron chi connectivity index (χ2n) is 9.87. The van der Waals surface area contributed by atoms with Crippen molar-refractivity contribution in [1.82, 2.24) is 14.7 Å². The first-order chi connectivity index (χ1) is 15.2. The molecule has 6 nitrogen and oxygen atoms in total. The molecule has 31 heavy (non-hydrogen) atoms. The average molecular weight is 428 g/mol. The molecule has 1 aromatic carbocycles. The van der Waals surface area contributed by atoms with Gasteiger partial charge in [-0.15, -0.1) is 0 Å². The molecule has 0 radical (unpaired) electrons. The van der Waals surface area contributed by atoms with E-state index < -0.39 is 0 Å². The van der Waals surface area contributed by atoms with E-state index in [1.165, 1.54) is 37.8 Å². The molecule has 1 aromatic rings. The fourth-order valence-electron chi connectivity index (χ4n) is 6.56. The third-order valence-corrected chi connectivity index (χ3v) is 8.00. The van der Waals surface area contributed by atoms with Gasteiger partial charge in [0.1, 0.15) is 5.75 Å². The molecule has 170 valence electrons. The number of piperidine rings is 3. The third-order valence-electron chi connectivity index (χ3n) is 8.00. The molecule has 4 aliphatic heterocycles. The van der Waals surface area contributed by atoms with Crippen LogP contribution in [0.15, 0.2) is 24.3 Å². The fourth-order valence-corrected chi connectivity index (χ4v) is 6.56. The Bertz CT molecular complexity index is 766. The number of carbonyl (C=O) groups is 1. The van der Waals surface area contributed by atoms with Gasteiger partial charge < -0.3 is 14.4 Å². The molecule has 0 N–H and O–H groups in total. The average Bonchev–Trinajstić information content (AvgIpc) is 2.82. The predicted octanol–water partition coefficient (Wildman–Crippen LogP) is 2.27. The molecule has 4 saturated heterocycles. The Morgan fingerprint density at radius 1 is 1.13 bits per heavy atom. The van der Waals surface area contributed by atoms with Gasteiger partial charge in [0.25, 0.3) is 0 Å². The van der Waals surface area contributed by atoms with Gasteiger partial charge >= 0.3 is 0 Å². The van der Waals surface area contributed by atoms with E-state index in [0.29, 0.717) is 43.7 Å². The van der Waals surface area contributed by atoms with Crippen LogP contribution in [0, 0.1) is 11.8 Å². The van der Waals surface area contributed by atoms with Gasteiger partial charge in [-0.2, -0.15) is 0 Å². The third kappa shape index (κ3) is 4.62. The molecule has 0 unspecified atom stereocenters. The van der Waals surface area contributed by atoms with Crippen LogP contribution in [0.5, 0.6) is 5.75 Å². The summed E-state index contributed by atoms with van der Waals surface area (Å²) < 4.78 is 10.9. The topological polar surface area (TPSA) is 45.3 Å². The Balaban J connectivity index is 1.31. The lowest BCUT2D eigenvalue weighted by Crippen LogP contribution is -2.64. The second-order valence-corrected chi connectivity index (χ2v) is 9.87. The van der Waals surface area contributed by atoms with Crippen molar-refractivity contribution in [3.8, 4) is 5.75 Å². The highest BCUT2D eigenvalue weighted by Gasteiger charge is 2.47. The SMILES string of the molecule is COc1cccc(C[C@H]2[C@H]3C[C@H](CN(CC(=O)N4CCOCC4)C3)[C@@H]3CCCCN32)c1. The van der Waals surface area contributed by atoms with E-state index >= 15 is 0 Å². The molecule has 0 aromatic heterocycles. The Kier molecular flexibility index (Phi) is 6.49. The molecule has 0 spiro atoms. The highest BCUT2D eigenvalue weighted by molar-refractivity contribution is 5.78. The van der Waals surface area contributed by atoms with Gasteiger partial charge in [-0.05, 0) is 61.8 Å². The molecular weight excluding hydrogens is 390 g/mol. The summed E-state index contributed by atoms with van der Waals surface area (Å²) in [6, 6.07) is 9.84. The first-order valence-corrected chi connectivity index (χ1v) is 12.2. The molecule has 4 atom stereocenters. The number of likely N-dealkylation sites (tertiary alicyclic amines) is 1. The van der Waals surface area contributed by atoms with Crippen LogP contribution < -0.4 is 4.74 Å². The maximum atomic E-state index is 12.9. The summed E-state index contributed by atoms with van der Waals surface area (Å²) in [6.07, 6.45) is 6.39. The van der Waals surface area contributed by atoms with Crippen LogP contribution in [0.3, 0.4) is 0 Å². The van der Waals surface area contributed by atoms with Crippen LogP contribution in [-0.4, -0.2) is 92.3 Å². The number of morpholine rings is 1. The summed E-state index contributed by atoms with van der Waals surface area (Å²) in [4.78, 5) is 20.2. The number of hydrogen-bond donors (Lipinski definition) is 0. The number of hydrogen-bond acceptors (Lipinski definition) is 5. The summed E-state index contributed by atoms with van der Waals surface area (Å²) in [5, 5.41) is 0. The lowest BCUT2D eigenvalue weighted by Gasteiger charge is -2.57. The molecule has 0 aliphatic carbocycles. The van der Waals surface area contributed by atoms with Gasteiger partial charge in [0.05, 0.1) is 26.9 Å². The first kappa shape index (κ1) is 21.2.